The van der Waals surface area contributed by atoms with Crippen molar-refractivity contribution >= 4 is 8.07 Å². The Morgan fingerprint density at radius 1 is 0.500 bits per heavy atom. The molecule has 0 rings (SSSR count). The molecule has 0 fully saturated rings. The minimum atomic E-state index is -1.01. The van der Waals surface area contributed by atoms with Crippen LogP contribution < -0.4 is 0 Å². The Labute approximate surface area is 143 Å². The summed E-state index contributed by atoms with van der Waals surface area (Å²) in [6.45, 7) is 11.2. The highest BCUT2D eigenvalue weighted by atomic mass is 28.3. The molecule has 1 radical (unpaired) electrons. The van der Waals surface area contributed by atoms with Crippen LogP contribution in [0.15, 0.2) is 0 Å². The van der Waals surface area contributed by atoms with E-state index in [-0.39, 0.29) is 0 Å². The van der Waals surface area contributed by atoms with Crippen molar-refractivity contribution in [2.45, 2.75) is 128 Å². The Morgan fingerprint density at radius 2 is 0.864 bits per heavy atom. The molecule has 0 bridgehead atoms. The molecule has 1 heteroatoms. The van der Waals surface area contributed by atoms with Gasteiger partial charge in [-0.25, -0.2) is 0 Å². The molecule has 0 spiro atoms. The van der Waals surface area contributed by atoms with Gasteiger partial charge in [0.05, 0.1) is 8.07 Å². The molecular weight excluding hydrogens is 280 g/mol. The van der Waals surface area contributed by atoms with Gasteiger partial charge in [0.2, 0.25) is 0 Å². The Kier molecular flexibility index (Phi) is 16.2. The zero-order valence-electron chi connectivity index (χ0n) is 16.2. The normalized spacial score (nSPS) is 12.0. The summed E-state index contributed by atoms with van der Waals surface area (Å²) in [6, 6.07) is 6.35. The molecule has 0 aromatic heterocycles. The predicted molar refractivity (Wildman–Crippen MR) is 107 cm³/mol. The van der Waals surface area contributed by atoms with Crippen molar-refractivity contribution in [3.8, 4) is 0 Å². The first kappa shape index (κ1) is 22.2. The Balaban J connectivity index is 4.39. The van der Waals surface area contributed by atoms with Crippen LogP contribution in [-0.4, -0.2) is 8.07 Å². The van der Waals surface area contributed by atoms with Gasteiger partial charge >= 0.3 is 0 Å². The van der Waals surface area contributed by atoms with Crippen LogP contribution >= 0.6 is 0 Å². The molecule has 0 heterocycles. The maximum atomic E-state index is 4.24. The van der Waals surface area contributed by atoms with Crippen LogP contribution in [0.5, 0.6) is 0 Å². The molecule has 0 aromatic rings. The first-order valence-corrected chi connectivity index (χ1v) is 13.4. The predicted octanol–water partition coefficient (Wildman–Crippen LogP) is 8.40. The molecule has 0 aliphatic carbocycles. The van der Waals surface area contributed by atoms with E-state index in [0.717, 1.165) is 0 Å². The van der Waals surface area contributed by atoms with Gasteiger partial charge in [-0.05, 0) is 0 Å². The molecule has 0 amide bonds. The van der Waals surface area contributed by atoms with Crippen molar-refractivity contribution in [1.82, 2.24) is 0 Å². The van der Waals surface area contributed by atoms with Crippen LogP contribution in [0.1, 0.15) is 104 Å². The zero-order valence-corrected chi connectivity index (χ0v) is 17.2. The van der Waals surface area contributed by atoms with Gasteiger partial charge in [0.15, 0.2) is 0 Å². The standard InChI is InChI=1S/C21H45Si/c1-5-9-12-15-19-22(18-8-4,20-16-13-10-6-2)21-17-14-11-7-3/h4-21H2,1-3H3. The van der Waals surface area contributed by atoms with Crippen molar-refractivity contribution < 1.29 is 0 Å². The molecule has 0 atom stereocenters. The summed E-state index contributed by atoms with van der Waals surface area (Å²) in [4.78, 5) is 0. The Bertz CT molecular complexity index is 181. The fourth-order valence-electron chi connectivity index (χ4n) is 3.91. The van der Waals surface area contributed by atoms with Gasteiger partial charge in [0.1, 0.15) is 0 Å². The second-order valence-electron chi connectivity index (χ2n) is 7.54. The maximum absolute atomic E-state index is 4.24. The van der Waals surface area contributed by atoms with E-state index in [0.29, 0.717) is 0 Å². The molecular formula is C21H45Si. The fraction of sp³-hybridized carbons (Fsp3) is 0.952. The topological polar surface area (TPSA) is 0 Å². The second kappa shape index (κ2) is 16.1. The molecule has 22 heavy (non-hydrogen) atoms. The largest absolute Gasteiger partial charge is 0.0654 e. The quantitative estimate of drug-likeness (QED) is 0.186. The fourth-order valence-corrected chi connectivity index (χ4v) is 9.16. The van der Waals surface area contributed by atoms with Crippen LogP contribution in [0, 0.1) is 6.92 Å². The summed E-state index contributed by atoms with van der Waals surface area (Å²) in [5.74, 6) is 0. The van der Waals surface area contributed by atoms with Crippen molar-refractivity contribution in [1.29, 1.82) is 0 Å². The number of hydrogen-bond acceptors (Lipinski definition) is 0. The molecule has 0 aromatic carbocycles. The SMILES string of the molecule is [CH2]CC[Si](CCCCCC)(CCCCCC)CCCCCC. The van der Waals surface area contributed by atoms with Gasteiger partial charge in [0, 0.05) is 0 Å². The van der Waals surface area contributed by atoms with Gasteiger partial charge in [0.25, 0.3) is 0 Å². The highest BCUT2D eigenvalue weighted by Gasteiger charge is 2.29. The van der Waals surface area contributed by atoms with Crippen LogP contribution in [-0.2, 0) is 0 Å². The highest BCUT2D eigenvalue weighted by Crippen LogP contribution is 2.34. The van der Waals surface area contributed by atoms with Crippen LogP contribution in [0.3, 0.4) is 0 Å². The molecule has 0 saturated carbocycles. The number of rotatable bonds is 17. The molecule has 0 aliphatic rings. The third-order valence-corrected chi connectivity index (χ3v) is 11.0. The summed E-state index contributed by atoms with van der Waals surface area (Å²) >= 11 is 0. The second-order valence-corrected chi connectivity index (χ2v) is 12.5. The van der Waals surface area contributed by atoms with Gasteiger partial charge in [-0.15, -0.1) is 0 Å². The van der Waals surface area contributed by atoms with Crippen LogP contribution in [0.4, 0.5) is 0 Å². The van der Waals surface area contributed by atoms with Gasteiger partial charge in [-0.1, -0.05) is 135 Å². The minimum Gasteiger partial charge on any atom is -0.0654 e. The van der Waals surface area contributed by atoms with Gasteiger partial charge < -0.3 is 0 Å². The van der Waals surface area contributed by atoms with E-state index in [1.165, 1.54) is 89.5 Å². The Morgan fingerprint density at radius 3 is 1.14 bits per heavy atom. The average Bonchev–Trinajstić information content (AvgIpc) is 2.53. The number of unbranched alkanes of at least 4 members (excludes halogenated alkanes) is 9. The molecule has 0 aliphatic heterocycles. The summed E-state index contributed by atoms with van der Waals surface area (Å²) in [6.07, 6.45) is 18.6. The number of hydrogen-bond donors (Lipinski definition) is 0. The summed E-state index contributed by atoms with van der Waals surface area (Å²) in [5.41, 5.74) is 0. The van der Waals surface area contributed by atoms with E-state index in [9.17, 15) is 0 Å². The lowest BCUT2D eigenvalue weighted by Gasteiger charge is -2.32. The van der Waals surface area contributed by atoms with Crippen molar-refractivity contribution in [3.05, 3.63) is 6.92 Å². The van der Waals surface area contributed by atoms with E-state index >= 15 is 0 Å². The first-order chi connectivity index (χ1) is 10.7. The van der Waals surface area contributed by atoms with Crippen LogP contribution in [0.25, 0.3) is 0 Å². The molecule has 133 valence electrons. The molecule has 0 unspecified atom stereocenters. The zero-order chi connectivity index (χ0) is 16.5. The van der Waals surface area contributed by atoms with E-state index in [4.69, 9.17) is 0 Å². The maximum Gasteiger partial charge on any atom is 0.0535 e. The molecule has 0 nitrogen and oxygen atoms in total. The van der Waals surface area contributed by atoms with Crippen molar-refractivity contribution in [2.75, 3.05) is 0 Å². The summed E-state index contributed by atoms with van der Waals surface area (Å²) in [7, 11) is -1.01. The highest BCUT2D eigenvalue weighted by molar-refractivity contribution is 6.79. The van der Waals surface area contributed by atoms with E-state index < -0.39 is 8.07 Å². The van der Waals surface area contributed by atoms with E-state index in [2.05, 4.69) is 27.7 Å². The smallest absolute Gasteiger partial charge is 0.0535 e. The lowest BCUT2D eigenvalue weighted by atomic mass is 10.2. The van der Waals surface area contributed by atoms with Crippen molar-refractivity contribution in [3.63, 3.8) is 0 Å². The lowest BCUT2D eigenvalue weighted by molar-refractivity contribution is 0.661. The monoisotopic (exact) mass is 325 g/mol. The van der Waals surface area contributed by atoms with Gasteiger partial charge in [-0.3, -0.25) is 0 Å². The van der Waals surface area contributed by atoms with E-state index in [1.54, 1.807) is 18.1 Å². The van der Waals surface area contributed by atoms with Crippen molar-refractivity contribution in [2.24, 2.45) is 0 Å². The van der Waals surface area contributed by atoms with Gasteiger partial charge in [-0.2, -0.15) is 0 Å². The molecule has 0 N–H and O–H groups in total. The first-order valence-electron chi connectivity index (χ1n) is 10.5. The third-order valence-electron chi connectivity index (χ3n) is 5.39. The third kappa shape index (κ3) is 11.7. The van der Waals surface area contributed by atoms with Crippen LogP contribution in [0.2, 0.25) is 24.2 Å². The summed E-state index contributed by atoms with van der Waals surface area (Å²) < 4.78 is 0. The minimum absolute atomic E-state index is 1.01. The molecule has 0 saturated heterocycles. The van der Waals surface area contributed by atoms with E-state index in [1.807, 2.05) is 0 Å². The lowest BCUT2D eigenvalue weighted by Crippen LogP contribution is -2.33. The Hall–Kier alpha value is 0.217. The average molecular weight is 326 g/mol. The summed E-state index contributed by atoms with van der Waals surface area (Å²) in [5, 5.41) is 0.